The highest BCUT2D eigenvalue weighted by Gasteiger charge is 2.32. The summed E-state index contributed by atoms with van der Waals surface area (Å²) in [5.41, 5.74) is 4.70. The highest BCUT2D eigenvalue weighted by molar-refractivity contribution is 8.26. The van der Waals surface area contributed by atoms with Gasteiger partial charge in [-0.1, -0.05) is 53.7 Å². The van der Waals surface area contributed by atoms with Crippen molar-refractivity contribution in [3.8, 4) is 0 Å². The van der Waals surface area contributed by atoms with Gasteiger partial charge in [-0.05, 0) is 48.1 Å². The first-order valence-corrected chi connectivity index (χ1v) is 8.09. The van der Waals surface area contributed by atoms with Gasteiger partial charge < -0.3 is 0 Å². The lowest BCUT2D eigenvalue weighted by atomic mass is 10.2. The fourth-order valence-electron chi connectivity index (χ4n) is 1.95. The van der Waals surface area contributed by atoms with Crippen molar-refractivity contribution in [2.24, 2.45) is 0 Å². The molecule has 22 heavy (non-hydrogen) atoms. The molecule has 1 aliphatic heterocycles. The van der Waals surface area contributed by atoms with Crippen molar-refractivity contribution in [3.05, 3.63) is 70.1 Å². The Morgan fingerprint density at radius 1 is 1.14 bits per heavy atom. The van der Waals surface area contributed by atoms with Gasteiger partial charge in [0.2, 0.25) is 0 Å². The van der Waals surface area contributed by atoms with Gasteiger partial charge in [-0.3, -0.25) is 10.2 Å². The van der Waals surface area contributed by atoms with Gasteiger partial charge in [0.25, 0.3) is 5.91 Å². The number of anilines is 1. The fourth-order valence-corrected chi connectivity index (χ4v) is 3.33. The van der Waals surface area contributed by atoms with E-state index >= 15 is 0 Å². The number of halogens is 1. The third kappa shape index (κ3) is 3.32. The SMILES string of the molecule is O=C1/C(=C/c2cccc(Cl)c2)SC(=S)N1Nc1ccccc1. The molecule has 0 unspecified atom stereocenters. The van der Waals surface area contributed by atoms with Crippen molar-refractivity contribution in [2.75, 3.05) is 5.43 Å². The van der Waals surface area contributed by atoms with Crippen LogP contribution in [0.4, 0.5) is 5.69 Å². The first kappa shape index (κ1) is 15.1. The van der Waals surface area contributed by atoms with Gasteiger partial charge in [0, 0.05) is 5.02 Å². The van der Waals surface area contributed by atoms with Crippen molar-refractivity contribution in [1.29, 1.82) is 0 Å². The molecule has 2 aromatic carbocycles. The van der Waals surface area contributed by atoms with E-state index in [9.17, 15) is 4.79 Å². The van der Waals surface area contributed by atoms with E-state index in [1.165, 1.54) is 16.8 Å². The smallest absolute Gasteiger partial charge is 0.285 e. The maximum Gasteiger partial charge on any atom is 0.285 e. The quantitative estimate of drug-likeness (QED) is 0.652. The van der Waals surface area contributed by atoms with Crippen LogP contribution in [0.15, 0.2) is 59.5 Å². The molecule has 1 N–H and O–H groups in total. The van der Waals surface area contributed by atoms with Gasteiger partial charge in [-0.15, -0.1) is 0 Å². The first-order valence-electron chi connectivity index (χ1n) is 6.49. The molecule has 3 rings (SSSR count). The molecule has 6 heteroatoms. The van der Waals surface area contributed by atoms with Crippen LogP contribution in [0.3, 0.4) is 0 Å². The second-order valence-electron chi connectivity index (χ2n) is 4.55. The van der Waals surface area contributed by atoms with Crippen LogP contribution in [-0.4, -0.2) is 15.2 Å². The number of nitrogens with one attached hydrogen (secondary N) is 1. The monoisotopic (exact) mass is 346 g/mol. The summed E-state index contributed by atoms with van der Waals surface area (Å²) < 4.78 is 0.474. The van der Waals surface area contributed by atoms with Gasteiger partial charge in [-0.2, -0.15) is 0 Å². The van der Waals surface area contributed by atoms with Crippen LogP contribution in [-0.2, 0) is 4.79 Å². The molecule has 0 saturated carbocycles. The lowest BCUT2D eigenvalue weighted by molar-refractivity contribution is -0.121. The molecule has 2 aromatic rings. The molecular weight excluding hydrogens is 336 g/mol. The minimum atomic E-state index is -0.168. The Bertz CT molecular complexity index is 762. The van der Waals surface area contributed by atoms with E-state index in [0.717, 1.165) is 11.3 Å². The van der Waals surface area contributed by atoms with Crippen LogP contribution >= 0.6 is 35.6 Å². The largest absolute Gasteiger partial charge is 0.290 e. The second kappa shape index (κ2) is 6.52. The number of carbonyl (C=O) groups excluding carboxylic acids is 1. The molecule has 1 heterocycles. The number of carbonyl (C=O) groups is 1. The molecule has 0 bridgehead atoms. The Morgan fingerprint density at radius 2 is 1.91 bits per heavy atom. The van der Waals surface area contributed by atoms with Crippen molar-refractivity contribution in [2.45, 2.75) is 0 Å². The molecule has 1 amide bonds. The van der Waals surface area contributed by atoms with Gasteiger partial charge >= 0.3 is 0 Å². The number of amides is 1. The predicted molar refractivity (Wildman–Crippen MR) is 96.5 cm³/mol. The number of para-hydroxylation sites is 1. The van der Waals surface area contributed by atoms with Crippen LogP contribution < -0.4 is 5.43 Å². The van der Waals surface area contributed by atoms with Crippen LogP contribution in [0, 0.1) is 0 Å². The number of hydrogen-bond donors (Lipinski definition) is 1. The number of rotatable bonds is 3. The van der Waals surface area contributed by atoms with E-state index in [4.69, 9.17) is 23.8 Å². The molecule has 1 fully saturated rings. The molecule has 0 aliphatic carbocycles. The molecule has 0 radical (unpaired) electrons. The van der Waals surface area contributed by atoms with E-state index < -0.39 is 0 Å². The molecule has 3 nitrogen and oxygen atoms in total. The molecule has 0 aromatic heterocycles. The first-order chi connectivity index (χ1) is 10.6. The summed E-state index contributed by atoms with van der Waals surface area (Å²) in [6, 6.07) is 16.8. The third-order valence-corrected chi connectivity index (χ3v) is 4.49. The van der Waals surface area contributed by atoms with Crippen molar-refractivity contribution in [3.63, 3.8) is 0 Å². The summed E-state index contributed by atoms with van der Waals surface area (Å²) in [6.45, 7) is 0. The fraction of sp³-hybridized carbons (Fsp3) is 0. The van der Waals surface area contributed by atoms with E-state index in [0.29, 0.717) is 14.2 Å². The lowest BCUT2D eigenvalue weighted by Gasteiger charge is -2.16. The molecule has 0 spiro atoms. The average Bonchev–Trinajstić information content (AvgIpc) is 2.76. The summed E-state index contributed by atoms with van der Waals surface area (Å²) in [5.74, 6) is -0.168. The maximum atomic E-state index is 12.5. The molecule has 1 saturated heterocycles. The summed E-state index contributed by atoms with van der Waals surface area (Å²) in [7, 11) is 0. The zero-order valence-corrected chi connectivity index (χ0v) is 13.7. The topological polar surface area (TPSA) is 32.3 Å². The Labute approximate surface area is 142 Å². The standard InChI is InChI=1S/C16H11ClN2OS2/c17-12-6-4-5-11(9-12)10-14-15(20)19(16(21)22-14)18-13-7-2-1-3-8-13/h1-10,18H/b14-10-. The Balaban J connectivity index is 1.82. The molecule has 0 atom stereocenters. The summed E-state index contributed by atoms with van der Waals surface area (Å²) in [4.78, 5) is 13.0. The number of hydrazine groups is 1. The van der Waals surface area contributed by atoms with Crippen molar-refractivity contribution < 1.29 is 4.79 Å². The van der Waals surface area contributed by atoms with Crippen molar-refractivity contribution in [1.82, 2.24) is 5.01 Å². The zero-order valence-electron chi connectivity index (χ0n) is 11.3. The van der Waals surface area contributed by atoms with Gasteiger partial charge in [-0.25, -0.2) is 5.01 Å². The third-order valence-electron chi connectivity index (χ3n) is 2.95. The highest BCUT2D eigenvalue weighted by Crippen LogP contribution is 2.33. The molecule has 1 aliphatic rings. The minimum Gasteiger partial charge on any atom is -0.290 e. The van der Waals surface area contributed by atoms with Crippen molar-refractivity contribution >= 4 is 57.6 Å². The lowest BCUT2D eigenvalue weighted by Crippen LogP contribution is -2.33. The van der Waals surface area contributed by atoms with Crippen LogP contribution in [0.1, 0.15) is 5.56 Å². The molecular formula is C16H11ClN2OS2. The van der Waals surface area contributed by atoms with E-state index in [1.54, 1.807) is 18.2 Å². The Kier molecular flexibility index (Phi) is 4.47. The van der Waals surface area contributed by atoms with Gasteiger partial charge in [0.15, 0.2) is 4.32 Å². The number of hydrogen-bond acceptors (Lipinski definition) is 4. The molecule has 110 valence electrons. The Hall–Kier alpha value is -1.82. The van der Waals surface area contributed by atoms with E-state index in [1.807, 2.05) is 42.5 Å². The van der Waals surface area contributed by atoms with Crippen LogP contribution in [0.2, 0.25) is 5.02 Å². The second-order valence-corrected chi connectivity index (χ2v) is 6.66. The van der Waals surface area contributed by atoms with Crippen LogP contribution in [0.5, 0.6) is 0 Å². The number of thioether (sulfide) groups is 1. The maximum absolute atomic E-state index is 12.5. The Morgan fingerprint density at radius 3 is 2.64 bits per heavy atom. The zero-order chi connectivity index (χ0) is 15.5. The summed E-state index contributed by atoms with van der Waals surface area (Å²) >= 11 is 12.5. The number of thiocarbonyl (C=S) groups is 1. The number of nitrogens with zero attached hydrogens (tertiary/aromatic N) is 1. The van der Waals surface area contributed by atoms with E-state index in [2.05, 4.69) is 5.43 Å². The predicted octanol–water partition coefficient (Wildman–Crippen LogP) is 4.57. The van der Waals surface area contributed by atoms with Gasteiger partial charge in [0.05, 0.1) is 10.6 Å². The highest BCUT2D eigenvalue weighted by atomic mass is 35.5. The normalized spacial score (nSPS) is 16.4. The number of benzene rings is 2. The summed E-state index contributed by atoms with van der Waals surface area (Å²) in [5, 5.41) is 2.01. The minimum absolute atomic E-state index is 0.168. The summed E-state index contributed by atoms with van der Waals surface area (Å²) in [6.07, 6.45) is 1.79. The van der Waals surface area contributed by atoms with E-state index in [-0.39, 0.29) is 5.91 Å². The van der Waals surface area contributed by atoms with Crippen LogP contribution in [0.25, 0.3) is 6.08 Å². The average molecular weight is 347 g/mol. The van der Waals surface area contributed by atoms with Gasteiger partial charge in [0.1, 0.15) is 0 Å².